The van der Waals surface area contributed by atoms with E-state index in [4.69, 9.17) is 0 Å². The molecule has 0 saturated heterocycles. The summed E-state index contributed by atoms with van der Waals surface area (Å²) in [6.07, 6.45) is 4.88. The summed E-state index contributed by atoms with van der Waals surface area (Å²) < 4.78 is 16.0. The summed E-state index contributed by atoms with van der Waals surface area (Å²) in [5.74, 6) is -0.131. The third-order valence-corrected chi connectivity index (χ3v) is 7.09. The van der Waals surface area contributed by atoms with E-state index in [9.17, 15) is 24.3 Å². The number of carbonyl (C=O) groups excluding carboxylic acids is 2. The maximum Gasteiger partial charge on any atom is 0.255 e. The highest BCUT2D eigenvalue weighted by molar-refractivity contribution is 6.00. The van der Waals surface area contributed by atoms with Crippen molar-refractivity contribution in [2.24, 2.45) is 5.92 Å². The van der Waals surface area contributed by atoms with E-state index in [-0.39, 0.29) is 24.1 Å². The van der Waals surface area contributed by atoms with E-state index in [0.717, 1.165) is 31.2 Å². The van der Waals surface area contributed by atoms with Crippen LogP contribution in [0.2, 0.25) is 0 Å². The van der Waals surface area contributed by atoms with Crippen LogP contribution >= 0.6 is 0 Å². The normalized spacial score (nSPS) is 18.3. The minimum Gasteiger partial charge on any atom is -0.387 e. The Morgan fingerprint density at radius 1 is 1.21 bits per heavy atom. The number of amides is 2. The number of nitrogens with zero attached hydrogens (tertiary/aromatic N) is 4. The molecule has 0 aliphatic heterocycles. The minimum absolute atomic E-state index is 0.0356. The zero-order chi connectivity index (χ0) is 28.2. The van der Waals surface area contributed by atoms with E-state index in [1.54, 1.807) is 16.6 Å². The summed E-state index contributed by atoms with van der Waals surface area (Å²) in [6, 6.07) is 9.38. The molecule has 39 heavy (non-hydrogen) atoms. The van der Waals surface area contributed by atoms with E-state index >= 15 is 0 Å². The van der Waals surface area contributed by atoms with Gasteiger partial charge in [-0.1, -0.05) is 0 Å². The molecule has 11 heteroatoms. The monoisotopic (exact) mass is 535 g/mol. The fourth-order valence-electron chi connectivity index (χ4n) is 4.70. The molecule has 1 fully saturated rings. The number of rotatable bonds is 9. The smallest absolute Gasteiger partial charge is 0.255 e. The SMILES string of the molecule is CC(=O)NCC1CCC(Nc2cc(-c3ccc4cc(C#N)cnn34)ncc2C(=O)NC[C@@H](F)C(C)(C)O)CC1. The summed E-state index contributed by atoms with van der Waals surface area (Å²) >= 11 is 0. The fraction of sp³-hybridized carbons (Fsp3) is 0.464. The largest absolute Gasteiger partial charge is 0.387 e. The molecule has 3 aromatic heterocycles. The number of halogens is 1. The highest BCUT2D eigenvalue weighted by Gasteiger charge is 2.28. The molecule has 3 aromatic rings. The molecule has 0 unspecified atom stereocenters. The van der Waals surface area contributed by atoms with Gasteiger partial charge in [-0.3, -0.25) is 14.6 Å². The highest BCUT2D eigenvalue weighted by atomic mass is 19.1. The van der Waals surface area contributed by atoms with E-state index < -0.39 is 17.7 Å². The van der Waals surface area contributed by atoms with Crippen molar-refractivity contribution >= 4 is 23.0 Å². The zero-order valence-electron chi connectivity index (χ0n) is 22.4. The van der Waals surface area contributed by atoms with Crippen molar-refractivity contribution in [1.82, 2.24) is 25.2 Å². The second-order valence-corrected chi connectivity index (χ2v) is 10.7. The molecule has 2 amide bonds. The number of carbonyl (C=O) groups is 2. The van der Waals surface area contributed by atoms with Crippen molar-refractivity contribution < 1.29 is 19.1 Å². The summed E-state index contributed by atoms with van der Waals surface area (Å²) in [6.45, 7) is 4.53. The van der Waals surface area contributed by atoms with Crippen LogP contribution < -0.4 is 16.0 Å². The zero-order valence-corrected chi connectivity index (χ0v) is 22.4. The predicted molar refractivity (Wildman–Crippen MR) is 145 cm³/mol. The number of pyridine rings is 1. The molecule has 1 saturated carbocycles. The van der Waals surface area contributed by atoms with Gasteiger partial charge in [0.2, 0.25) is 5.91 Å². The summed E-state index contributed by atoms with van der Waals surface area (Å²) in [7, 11) is 0. The van der Waals surface area contributed by atoms with Crippen molar-refractivity contribution in [1.29, 1.82) is 5.26 Å². The van der Waals surface area contributed by atoms with Gasteiger partial charge in [0.05, 0.1) is 52.1 Å². The second-order valence-electron chi connectivity index (χ2n) is 10.7. The van der Waals surface area contributed by atoms with Crippen molar-refractivity contribution in [3.05, 3.63) is 47.8 Å². The first-order chi connectivity index (χ1) is 18.5. The third-order valence-electron chi connectivity index (χ3n) is 7.09. The van der Waals surface area contributed by atoms with Gasteiger partial charge in [0.25, 0.3) is 5.91 Å². The third kappa shape index (κ3) is 6.89. The minimum atomic E-state index is -1.64. The lowest BCUT2D eigenvalue weighted by atomic mass is 9.85. The number of nitrogens with one attached hydrogen (secondary N) is 3. The Morgan fingerprint density at radius 2 is 1.95 bits per heavy atom. The van der Waals surface area contributed by atoms with Crippen LogP contribution in [0, 0.1) is 17.2 Å². The van der Waals surface area contributed by atoms with E-state index in [0.29, 0.717) is 35.1 Å². The molecule has 4 rings (SSSR count). The number of hydrogen-bond donors (Lipinski definition) is 4. The maximum atomic E-state index is 14.3. The van der Waals surface area contributed by atoms with Gasteiger partial charge in [0, 0.05) is 25.7 Å². The Hall–Kier alpha value is -4.04. The van der Waals surface area contributed by atoms with Gasteiger partial charge in [-0.25, -0.2) is 8.91 Å². The number of hydrogen-bond acceptors (Lipinski definition) is 7. The molecule has 1 atom stereocenters. The molecule has 0 aromatic carbocycles. The number of alkyl halides is 1. The molecule has 4 N–H and O–H groups in total. The van der Waals surface area contributed by atoms with Crippen molar-refractivity contribution in [2.75, 3.05) is 18.4 Å². The van der Waals surface area contributed by atoms with E-state index in [1.807, 2.05) is 12.1 Å². The Labute approximate surface area is 226 Å². The molecule has 1 aliphatic rings. The van der Waals surface area contributed by atoms with E-state index in [1.165, 1.54) is 33.2 Å². The summed E-state index contributed by atoms with van der Waals surface area (Å²) in [5.41, 5.74) is 1.69. The van der Waals surface area contributed by atoms with Crippen LogP contribution in [0.15, 0.2) is 36.7 Å². The van der Waals surface area contributed by atoms with Crippen LogP contribution in [-0.4, -0.2) is 62.4 Å². The fourth-order valence-corrected chi connectivity index (χ4v) is 4.70. The molecular formula is C28H34FN7O3. The van der Waals surface area contributed by atoms with Crippen LogP contribution in [0.4, 0.5) is 10.1 Å². The summed E-state index contributed by atoms with van der Waals surface area (Å²) in [5, 5.41) is 32.4. The first-order valence-corrected chi connectivity index (χ1v) is 13.1. The number of aliphatic hydroxyl groups is 1. The predicted octanol–water partition coefficient (Wildman–Crippen LogP) is 3.21. The van der Waals surface area contributed by atoms with E-state index in [2.05, 4.69) is 32.1 Å². The topological polar surface area (TPSA) is 144 Å². The van der Waals surface area contributed by atoms with Gasteiger partial charge in [0.1, 0.15) is 12.2 Å². The average Bonchev–Trinajstić information content (AvgIpc) is 3.33. The Kier molecular flexibility index (Phi) is 8.45. The van der Waals surface area contributed by atoms with Gasteiger partial charge in [0.15, 0.2) is 0 Å². The van der Waals surface area contributed by atoms with Crippen molar-refractivity contribution in [3.8, 4) is 17.5 Å². The van der Waals surface area contributed by atoms with Gasteiger partial charge in [-0.2, -0.15) is 10.4 Å². The molecular weight excluding hydrogens is 501 g/mol. The number of aromatic nitrogens is 3. The van der Waals surface area contributed by atoms with Crippen LogP contribution in [0.25, 0.3) is 16.9 Å². The Balaban J connectivity index is 1.58. The van der Waals surface area contributed by atoms with Gasteiger partial charge in [-0.15, -0.1) is 0 Å². The van der Waals surface area contributed by atoms with Crippen molar-refractivity contribution in [2.45, 2.75) is 64.3 Å². The standard InChI is InChI=1S/C28H34FN7O3/c1-17(37)31-13-18-4-6-20(7-5-18)35-23-11-24(25-9-8-21-10-19(12-30)14-34-36(21)25)32-15-22(23)27(38)33-16-26(29)28(2,3)39/h8-11,14-15,18,20,26,39H,4-7,13,16H2,1-3H3,(H,31,37)(H,32,35)(H,33,38)/t18?,20?,26-/m1/s1. The maximum absolute atomic E-state index is 14.3. The quantitative estimate of drug-likeness (QED) is 0.329. The lowest BCUT2D eigenvalue weighted by Gasteiger charge is -2.30. The lowest BCUT2D eigenvalue weighted by Crippen LogP contribution is -2.42. The van der Waals surface area contributed by atoms with Gasteiger partial charge in [-0.05, 0) is 69.7 Å². The molecule has 0 radical (unpaired) electrons. The first-order valence-electron chi connectivity index (χ1n) is 13.1. The molecule has 3 heterocycles. The van der Waals surface area contributed by atoms with Gasteiger partial charge >= 0.3 is 0 Å². The number of anilines is 1. The highest BCUT2D eigenvalue weighted by Crippen LogP contribution is 2.30. The molecule has 0 spiro atoms. The summed E-state index contributed by atoms with van der Waals surface area (Å²) in [4.78, 5) is 28.9. The Morgan fingerprint density at radius 3 is 2.62 bits per heavy atom. The number of fused-ring (bicyclic) bond motifs is 1. The number of nitriles is 1. The van der Waals surface area contributed by atoms with Crippen molar-refractivity contribution in [3.63, 3.8) is 0 Å². The molecule has 206 valence electrons. The average molecular weight is 536 g/mol. The molecule has 0 bridgehead atoms. The van der Waals surface area contributed by atoms with Crippen LogP contribution in [0.1, 0.15) is 62.4 Å². The molecule has 10 nitrogen and oxygen atoms in total. The lowest BCUT2D eigenvalue weighted by molar-refractivity contribution is -0.119. The Bertz CT molecular complexity index is 1380. The second kappa shape index (κ2) is 11.8. The van der Waals surface area contributed by atoms with Gasteiger partial charge < -0.3 is 21.1 Å². The molecule has 1 aliphatic carbocycles. The van der Waals surface area contributed by atoms with Crippen LogP contribution in [0.5, 0.6) is 0 Å². The van der Waals surface area contributed by atoms with Crippen LogP contribution in [0.3, 0.4) is 0 Å². The van der Waals surface area contributed by atoms with Crippen LogP contribution in [-0.2, 0) is 4.79 Å². The first kappa shape index (κ1) is 28.0.